The van der Waals surface area contributed by atoms with E-state index in [1.807, 2.05) is 0 Å². The van der Waals surface area contributed by atoms with Gasteiger partial charge in [0, 0.05) is 6.07 Å². The quantitative estimate of drug-likeness (QED) is 0.575. The number of aromatic hydroxyl groups is 3. The van der Waals surface area contributed by atoms with E-state index < -0.39 is 11.7 Å². The molecule has 0 saturated carbocycles. The number of benzene rings is 2. The van der Waals surface area contributed by atoms with Gasteiger partial charge in [-0.25, -0.2) is 4.79 Å². The second-order valence-corrected chi connectivity index (χ2v) is 4.19. The maximum Gasteiger partial charge on any atom is 1.00 e. The number of phenolic OH excluding ortho intramolecular Hbond substituents is 2. The van der Waals surface area contributed by atoms with Gasteiger partial charge in [-0.05, 0) is 24.3 Å². The SMILES string of the molecule is COc1cc(C[NH-])ccc1O.O=C(O)c1ccc(O)cc1O.[Na+]. The third-order valence-corrected chi connectivity index (χ3v) is 2.66. The Morgan fingerprint density at radius 2 is 1.74 bits per heavy atom. The molecule has 8 heteroatoms. The van der Waals surface area contributed by atoms with Crippen molar-refractivity contribution in [2.75, 3.05) is 7.11 Å². The van der Waals surface area contributed by atoms with Gasteiger partial charge in [-0.2, -0.15) is 0 Å². The van der Waals surface area contributed by atoms with Crippen molar-refractivity contribution < 1.29 is 59.5 Å². The minimum absolute atomic E-state index is 0. The van der Waals surface area contributed by atoms with E-state index in [0.29, 0.717) is 5.75 Å². The van der Waals surface area contributed by atoms with Gasteiger partial charge in [0.2, 0.25) is 0 Å². The van der Waals surface area contributed by atoms with Gasteiger partial charge in [-0.15, -0.1) is 6.54 Å². The smallest absolute Gasteiger partial charge is 0.674 e. The van der Waals surface area contributed by atoms with Crippen LogP contribution in [0.5, 0.6) is 23.0 Å². The fourth-order valence-electron chi connectivity index (χ4n) is 1.53. The number of carboxylic acid groups (broad SMARTS) is 1. The standard InChI is InChI=1S/C8H10NO2.C7H6O4.Na/c1-11-8-4-6(5-9)2-3-7(8)10;8-4-1-2-5(7(10)11)6(9)3-4;/h2-4,9-10H,5H2,1H3;1-3,8-9H,(H,10,11);/q-1;;+1. The van der Waals surface area contributed by atoms with E-state index in [2.05, 4.69) is 0 Å². The molecule has 23 heavy (non-hydrogen) atoms. The van der Waals surface area contributed by atoms with E-state index in [1.54, 1.807) is 12.1 Å². The molecule has 118 valence electrons. The normalized spacial score (nSPS) is 9.13. The van der Waals surface area contributed by atoms with Crippen molar-refractivity contribution in [1.82, 2.24) is 0 Å². The Bertz CT molecular complexity index is 662. The predicted molar refractivity (Wildman–Crippen MR) is 79.4 cm³/mol. The molecule has 2 rings (SSSR count). The summed E-state index contributed by atoms with van der Waals surface area (Å²) in [5.41, 5.74) is 7.66. The van der Waals surface area contributed by atoms with Gasteiger partial charge in [-0.1, -0.05) is 11.6 Å². The first-order chi connectivity index (χ1) is 10.4. The molecule has 0 spiro atoms. The Labute approximate surface area is 155 Å². The summed E-state index contributed by atoms with van der Waals surface area (Å²) in [7, 11) is 1.49. The molecule has 0 aliphatic heterocycles. The fraction of sp³-hybridized carbons (Fsp3) is 0.133. The van der Waals surface area contributed by atoms with Gasteiger partial charge in [-0.3, -0.25) is 0 Å². The van der Waals surface area contributed by atoms with Crippen LogP contribution >= 0.6 is 0 Å². The first kappa shape index (κ1) is 21.1. The first-order valence-electron chi connectivity index (χ1n) is 6.14. The number of nitrogens with one attached hydrogen (secondary N) is 1. The third-order valence-electron chi connectivity index (χ3n) is 2.66. The number of carbonyl (C=O) groups is 1. The molecule has 0 heterocycles. The van der Waals surface area contributed by atoms with Gasteiger partial charge >= 0.3 is 35.5 Å². The summed E-state index contributed by atoms with van der Waals surface area (Å²) >= 11 is 0. The number of hydrogen-bond acceptors (Lipinski definition) is 5. The summed E-state index contributed by atoms with van der Waals surface area (Å²) in [4.78, 5) is 10.3. The van der Waals surface area contributed by atoms with Crippen LogP contribution in [-0.4, -0.2) is 33.5 Å². The molecule has 0 atom stereocenters. The number of hydrogen-bond donors (Lipinski definition) is 4. The summed E-state index contributed by atoms with van der Waals surface area (Å²) in [5, 5.41) is 35.2. The van der Waals surface area contributed by atoms with Crippen LogP contribution in [-0.2, 0) is 6.54 Å². The van der Waals surface area contributed by atoms with Crippen molar-refractivity contribution in [2.45, 2.75) is 6.54 Å². The molecular formula is C15H16NNaO6. The largest absolute Gasteiger partial charge is 1.00 e. The van der Waals surface area contributed by atoms with E-state index in [4.69, 9.17) is 30.9 Å². The average Bonchev–Trinajstić information content (AvgIpc) is 2.48. The Morgan fingerprint density at radius 3 is 2.22 bits per heavy atom. The van der Waals surface area contributed by atoms with Crippen LogP contribution in [0.4, 0.5) is 0 Å². The predicted octanol–water partition coefficient (Wildman–Crippen LogP) is -0.247. The molecule has 0 fully saturated rings. The minimum atomic E-state index is -1.22. The Hall–Kier alpha value is -1.93. The zero-order chi connectivity index (χ0) is 16.7. The van der Waals surface area contributed by atoms with Gasteiger partial charge in [0.15, 0.2) is 11.5 Å². The summed E-state index contributed by atoms with van der Waals surface area (Å²) in [6.45, 7) is 0.205. The number of aromatic carboxylic acids is 1. The molecule has 7 nitrogen and oxygen atoms in total. The maximum absolute atomic E-state index is 10.3. The van der Waals surface area contributed by atoms with Crippen LogP contribution in [0.2, 0.25) is 0 Å². The van der Waals surface area contributed by atoms with E-state index in [0.717, 1.165) is 17.7 Å². The van der Waals surface area contributed by atoms with Gasteiger partial charge < -0.3 is 30.9 Å². The molecule has 0 aliphatic carbocycles. The Balaban J connectivity index is 0.000000403. The van der Waals surface area contributed by atoms with Crippen LogP contribution in [0.1, 0.15) is 15.9 Å². The summed E-state index contributed by atoms with van der Waals surface area (Å²) in [5.74, 6) is -1.27. The van der Waals surface area contributed by atoms with Crippen LogP contribution in [0, 0.1) is 0 Å². The molecule has 0 saturated heterocycles. The molecule has 2 aromatic rings. The summed E-state index contributed by atoms with van der Waals surface area (Å²) in [6, 6.07) is 8.19. The minimum Gasteiger partial charge on any atom is -0.674 e. The molecule has 0 aromatic heterocycles. The number of carboxylic acids is 1. The van der Waals surface area contributed by atoms with Crippen molar-refractivity contribution in [1.29, 1.82) is 0 Å². The summed E-state index contributed by atoms with van der Waals surface area (Å²) in [6.07, 6.45) is 0. The van der Waals surface area contributed by atoms with E-state index in [9.17, 15) is 4.79 Å². The Kier molecular flexibility index (Phi) is 9.12. The van der Waals surface area contributed by atoms with E-state index in [1.165, 1.54) is 19.2 Å². The zero-order valence-corrected chi connectivity index (χ0v) is 14.8. The van der Waals surface area contributed by atoms with Gasteiger partial charge in [0.1, 0.15) is 17.1 Å². The van der Waals surface area contributed by atoms with Crippen molar-refractivity contribution >= 4 is 5.97 Å². The number of ether oxygens (including phenoxy) is 1. The van der Waals surface area contributed by atoms with Crippen LogP contribution in [0.15, 0.2) is 36.4 Å². The summed E-state index contributed by atoms with van der Waals surface area (Å²) < 4.78 is 4.85. The molecular weight excluding hydrogens is 313 g/mol. The Morgan fingerprint density at radius 1 is 1.09 bits per heavy atom. The van der Waals surface area contributed by atoms with Crippen molar-refractivity contribution in [2.24, 2.45) is 0 Å². The molecule has 0 unspecified atom stereocenters. The second-order valence-electron chi connectivity index (χ2n) is 4.19. The molecule has 0 bridgehead atoms. The monoisotopic (exact) mass is 329 g/mol. The second kappa shape index (κ2) is 9.96. The number of rotatable bonds is 3. The molecule has 0 radical (unpaired) electrons. The molecule has 0 amide bonds. The van der Waals surface area contributed by atoms with E-state index in [-0.39, 0.29) is 53.2 Å². The van der Waals surface area contributed by atoms with Crippen LogP contribution in [0.25, 0.3) is 5.73 Å². The van der Waals surface area contributed by atoms with Crippen LogP contribution < -0.4 is 34.3 Å². The zero-order valence-electron chi connectivity index (χ0n) is 12.8. The van der Waals surface area contributed by atoms with Gasteiger partial charge in [0.05, 0.1) is 7.11 Å². The maximum atomic E-state index is 10.3. The average molecular weight is 329 g/mol. The number of phenols is 3. The van der Waals surface area contributed by atoms with Crippen molar-refractivity contribution in [3.8, 4) is 23.0 Å². The molecule has 5 N–H and O–H groups in total. The van der Waals surface area contributed by atoms with Crippen molar-refractivity contribution in [3.05, 3.63) is 53.3 Å². The third kappa shape index (κ3) is 6.37. The molecule has 2 aromatic carbocycles. The molecule has 0 aliphatic rings. The van der Waals surface area contributed by atoms with E-state index >= 15 is 0 Å². The fourth-order valence-corrected chi connectivity index (χ4v) is 1.53. The van der Waals surface area contributed by atoms with Gasteiger partial charge in [0.25, 0.3) is 0 Å². The number of methoxy groups -OCH3 is 1. The topological polar surface area (TPSA) is 131 Å². The van der Waals surface area contributed by atoms with Crippen LogP contribution in [0.3, 0.4) is 0 Å². The first-order valence-corrected chi connectivity index (χ1v) is 6.14. The van der Waals surface area contributed by atoms with Crippen molar-refractivity contribution in [3.63, 3.8) is 0 Å².